The van der Waals surface area contributed by atoms with Gasteiger partial charge in [0, 0.05) is 11.4 Å². The molecule has 0 aliphatic carbocycles. The van der Waals surface area contributed by atoms with Crippen LogP contribution in [0.5, 0.6) is 0 Å². The van der Waals surface area contributed by atoms with E-state index in [0.717, 1.165) is 10.4 Å². The number of halogens is 1. The summed E-state index contributed by atoms with van der Waals surface area (Å²) in [5, 5.41) is 5.35. The summed E-state index contributed by atoms with van der Waals surface area (Å²) in [5.74, 6) is -0.368. The fourth-order valence-electron chi connectivity index (χ4n) is 3.12. The molecule has 0 aliphatic heterocycles. The molecule has 1 unspecified atom stereocenters. The van der Waals surface area contributed by atoms with Crippen molar-refractivity contribution in [3.63, 3.8) is 0 Å². The molecule has 0 aliphatic rings. The first kappa shape index (κ1) is 21.8. The monoisotopic (exact) mass is 438 g/mol. The summed E-state index contributed by atoms with van der Waals surface area (Å²) in [4.78, 5) is 28.8. The summed E-state index contributed by atoms with van der Waals surface area (Å²) in [6, 6.07) is 19.9. The van der Waals surface area contributed by atoms with Gasteiger partial charge in [-0.15, -0.1) is 17.9 Å². The van der Waals surface area contributed by atoms with Gasteiger partial charge < -0.3 is 10.2 Å². The van der Waals surface area contributed by atoms with E-state index in [-0.39, 0.29) is 18.2 Å². The summed E-state index contributed by atoms with van der Waals surface area (Å²) in [6.07, 6.45) is 1.85. The smallest absolute Gasteiger partial charge is 0.253 e. The van der Waals surface area contributed by atoms with Gasteiger partial charge in [-0.2, -0.15) is 0 Å². The Morgan fingerprint density at radius 3 is 2.47 bits per heavy atom. The number of benzene rings is 2. The number of rotatable bonds is 9. The van der Waals surface area contributed by atoms with Crippen molar-refractivity contribution in [2.24, 2.45) is 0 Å². The van der Waals surface area contributed by atoms with Crippen molar-refractivity contribution in [1.29, 1.82) is 0 Å². The molecule has 2 aromatic carbocycles. The van der Waals surface area contributed by atoms with E-state index in [1.807, 2.05) is 47.8 Å². The maximum atomic E-state index is 13.1. The lowest BCUT2D eigenvalue weighted by Gasteiger charge is -2.25. The number of carbonyl (C=O) groups excluding carboxylic acids is 2. The van der Waals surface area contributed by atoms with Crippen LogP contribution in [0.3, 0.4) is 0 Å². The molecule has 0 fully saturated rings. The molecule has 30 heavy (non-hydrogen) atoms. The van der Waals surface area contributed by atoms with Gasteiger partial charge in [-0.25, -0.2) is 0 Å². The van der Waals surface area contributed by atoms with Crippen LogP contribution >= 0.6 is 22.9 Å². The molecule has 6 heteroatoms. The molecule has 1 N–H and O–H groups in total. The van der Waals surface area contributed by atoms with Crippen LogP contribution in [-0.2, 0) is 11.3 Å². The molecule has 0 saturated heterocycles. The highest BCUT2D eigenvalue weighted by Crippen LogP contribution is 2.22. The Kier molecular flexibility index (Phi) is 7.82. The molecular formula is C24H23ClN2O2S. The third kappa shape index (κ3) is 5.81. The fourth-order valence-corrected chi connectivity index (χ4v) is 4.06. The van der Waals surface area contributed by atoms with E-state index in [9.17, 15) is 9.59 Å². The van der Waals surface area contributed by atoms with Crippen molar-refractivity contribution in [2.75, 3.05) is 6.54 Å². The summed E-state index contributed by atoms with van der Waals surface area (Å²) >= 11 is 7.79. The Bertz CT molecular complexity index is 989. The van der Waals surface area contributed by atoms with E-state index in [1.54, 1.807) is 46.6 Å². The Balaban J connectivity index is 1.79. The summed E-state index contributed by atoms with van der Waals surface area (Å²) in [7, 11) is 0. The van der Waals surface area contributed by atoms with Gasteiger partial charge in [0.15, 0.2) is 0 Å². The predicted octanol–water partition coefficient (Wildman–Crippen LogP) is 5.48. The van der Waals surface area contributed by atoms with Crippen LogP contribution in [0.15, 0.2) is 84.8 Å². The predicted molar refractivity (Wildman–Crippen MR) is 123 cm³/mol. The quantitative estimate of drug-likeness (QED) is 0.450. The van der Waals surface area contributed by atoms with Crippen LogP contribution in [0.4, 0.5) is 0 Å². The Morgan fingerprint density at radius 1 is 1.07 bits per heavy atom. The van der Waals surface area contributed by atoms with E-state index in [1.165, 1.54) is 0 Å². The summed E-state index contributed by atoms with van der Waals surface area (Å²) < 4.78 is 0. The Labute approximate surface area is 185 Å². The molecule has 154 valence electrons. The van der Waals surface area contributed by atoms with E-state index in [4.69, 9.17) is 11.6 Å². The molecule has 1 aromatic heterocycles. The molecule has 1 atom stereocenters. The Morgan fingerprint density at radius 2 is 1.80 bits per heavy atom. The van der Waals surface area contributed by atoms with Gasteiger partial charge >= 0.3 is 0 Å². The van der Waals surface area contributed by atoms with Gasteiger partial charge in [-0.05, 0) is 29.1 Å². The number of thiophene rings is 1. The topological polar surface area (TPSA) is 49.4 Å². The molecule has 1 heterocycles. The largest absolute Gasteiger partial charge is 0.345 e. The van der Waals surface area contributed by atoms with Crippen LogP contribution in [0.1, 0.15) is 33.3 Å². The summed E-state index contributed by atoms with van der Waals surface area (Å²) in [5.41, 5.74) is 1.25. The van der Waals surface area contributed by atoms with Gasteiger partial charge in [0.25, 0.3) is 5.91 Å². The number of hydrogen-bond acceptors (Lipinski definition) is 3. The molecule has 4 nitrogen and oxygen atoms in total. The van der Waals surface area contributed by atoms with Crippen LogP contribution in [-0.4, -0.2) is 23.3 Å². The molecule has 3 rings (SSSR count). The van der Waals surface area contributed by atoms with E-state index in [2.05, 4.69) is 11.9 Å². The molecule has 0 saturated carbocycles. The number of nitrogens with one attached hydrogen (secondary N) is 1. The lowest BCUT2D eigenvalue weighted by Crippen LogP contribution is -2.36. The zero-order valence-corrected chi connectivity index (χ0v) is 18.0. The second kappa shape index (κ2) is 10.8. The molecule has 0 bridgehead atoms. The number of nitrogens with zero attached hydrogens (tertiary/aromatic N) is 1. The van der Waals surface area contributed by atoms with E-state index >= 15 is 0 Å². The number of amides is 2. The third-order valence-electron chi connectivity index (χ3n) is 4.63. The van der Waals surface area contributed by atoms with E-state index < -0.39 is 6.04 Å². The minimum atomic E-state index is -0.474. The maximum Gasteiger partial charge on any atom is 0.253 e. The van der Waals surface area contributed by atoms with Gasteiger partial charge in [0.05, 0.1) is 29.6 Å². The third-order valence-corrected chi connectivity index (χ3v) is 5.82. The van der Waals surface area contributed by atoms with Crippen molar-refractivity contribution in [3.05, 3.63) is 106 Å². The molecule has 0 radical (unpaired) electrons. The molecule has 0 spiro atoms. The van der Waals surface area contributed by atoms with Gasteiger partial charge in [-0.3, -0.25) is 9.59 Å². The second-order valence-corrected chi connectivity index (χ2v) is 8.20. The standard InChI is InChI=1S/C24H23ClN2O2S/c1-2-14-27(17-19-11-8-15-30-19)23(28)16-22(18-9-4-3-5-10-18)26-24(29)20-12-6-7-13-21(20)25/h2-13,15,22H,1,14,16-17H2,(H,26,29). The minimum Gasteiger partial charge on any atom is -0.345 e. The van der Waals surface area contributed by atoms with Gasteiger partial charge in [0.2, 0.25) is 5.91 Å². The first-order valence-electron chi connectivity index (χ1n) is 9.60. The fraction of sp³-hybridized carbons (Fsp3) is 0.167. The van der Waals surface area contributed by atoms with Crippen molar-refractivity contribution in [3.8, 4) is 0 Å². The van der Waals surface area contributed by atoms with Crippen LogP contribution in [0.2, 0.25) is 5.02 Å². The molecule has 2 amide bonds. The minimum absolute atomic E-state index is 0.0587. The second-order valence-electron chi connectivity index (χ2n) is 6.76. The average Bonchev–Trinajstić information content (AvgIpc) is 3.27. The average molecular weight is 439 g/mol. The van der Waals surface area contributed by atoms with Crippen LogP contribution in [0, 0.1) is 0 Å². The highest BCUT2D eigenvalue weighted by molar-refractivity contribution is 7.09. The highest BCUT2D eigenvalue weighted by atomic mass is 35.5. The summed E-state index contributed by atoms with van der Waals surface area (Å²) in [6.45, 7) is 4.73. The van der Waals surface area contributed by atoms with Crippen molar-refractivity contribution >= 4 is 34.8 Å². The maximum absolute atomic E-state index is 13.1. The number of carbonyl (C=O) groups is 2. The zero-order valence-electron chi connectivity index (χ0n) is 16.5. The number of hydrogen-bond donors (Lipinski definition) is 1. The molecule has 3 aromatic rings. The van der Waals surface area contributed by atoms with Crippen LogP contribution < -0.4 is 5.32 Å². The molecular weight excluding hydrogens is 416 g/mol. The van der Waals surface area contributed by atoms with Crippen molar-refractivity contribution < 1.29 is 9.59 Å². The normalized spacial score (nSPS) is 11.5. The lowest BCUT2D eigenvalue weighted by atomic mass is 10.0. The van der Waals surface area contributed by atoms with Crippen molar-refractivity contribution in [2.45, 2.75) is 19.0 Å². The van der Waals surface area contributed by atoms with Gasteiger partial charge in [0.1, 0.15) is 0 Å². The first-order valence-corrected chi connectivity index (χ1v) is 10.9. The highest BCUT2D eigenvalue weighted by Gasteiger charge is 2.23. The zero-order chi connectivity index (χ0) is 21.3. The van der Waals surface area contributed by atoms with Crippen LogP contribution in [0.25, 0.3) is 0 Å². The Hall–Kier alpha value is -2.89. The van der Waals surface area contributed by atoms with Gasteiger partial charge in [-0.1, -0.05) is 66.2 Å². The first-order chi connectivity index (χ1) is 14.6. The van der Waals surface area contributed by atoms with Crippen molar-refractivity contribution in [1.82, 2.24) is 10.2 Å². The van der Waals surface area contributed by atoms with E-state index in [0.29, 0.717) is 23.7 Å². The lowest BCUT2D eigenvalue weighted by molar-refractivity contribution is -0.131. The SMILES string of the molecule is C=CCN(Cc1cccs1)C(=O)CC(NC(=O)c1ccccc1Cl)c1ccccc1.